The van der Waals surface area contributed by atoms with Crippen molar-refractivity contribution in [2.75, 3.05) is 28.2 Å². The summed E-state index contributed by atoms with van der Waals surface area (Å²) < 4.78 is 0. The maximum atomic E-state index is 5.30. The van der Waals surface area contributed by atoms with Crippen LogP contribution in [0.4, 0.5) is 0 Å². The fourth-order valence-corrected chi connectivity index (χ4v) is 2.05. The molecule has 1 heterocycles. The molecule has 0 aromatic carbocycles. The van der Waals surface area contributed by atoms with Crippen LogP contribution in [0.15, 0.2) is 11.8 Å². The first-order chi connectivity index (χ1) is 6.86. The van der Waals surface area contributed by atoms with E-state index in [1.54, 1.807) is 9.80 Å². The standard InChI is InChI=1S/C9H13N3S3/c1-10(2)5-6-7(13)11(3)9(15)12(4)8(6)14/h5H,1-4H3. The molecule has 0 N–H and O–H groups in total. The fourth-order valence-electron chi connectivity index (χ4n) is 1.22. The molecule has 6 heteroatoms. The Bertz CT molecular complexity index is 334. The molecule has 0 bridgehead atoms. The van der Waals surface area contributed by atoms with Gasteiger partial charge in [0.15, 0.2) is 5.11 Å². The summed E-state index contributed by atoms with van der Waals surface area (Å²) in [7, 11) is 7.58. The van der Waals surface area contributed by atoms with Gasteiger partial charge in [0.1, 0.15) is 9.98 Å². The van der Waals surface area contributed by atoms with Crippen molar-refractivity contribution < 1.29 is 0 Å². The van der Waals surface area contributed by atoms with E-state index in [-0.39, 0.29) is 0 Å². The molecule has 0 amide bonds. The first kappa shape index (κ1) is 12.5. The maximum absolute atomic E-state index is 5.30. The molecule has 1 saturated heterocycles. The average molecular weight is 259 g/mol. The zero-order valence-corrected chi connectivity index (χ0v) is 11.6. The Labute approximate surface area is 106 Å². The molecule has 1 aliphatic rings. The van der Waals surface area contributed by atoms with Crippen molar-refractivity contribution in [3.8, 4) is 0 Å². The van der Waals surface area contributed by atoms with Crippen LogP contribution in [0, 0.1) is 0 Å². The summed E-state index contributed by atoms with van der Waals surface area (Å²) in [5.74, 6) is 0. The second kappa shape index (κ2) is 4.51. The monoisotopic (exact) mass is 259 g/mol. The molecule has 1 rings (SSSR count). The molecule has 0 aliphatic carbocycles. The summed E-state index contributed by atoms with van der Waals surface area (Å²) in [4.78, 5) is 6.85. The quantitative estimate of drug-likeness (QED) is 0.514. The van der Waals surface area contributed by atoms with E-state index in [2.05, 4.69) is 0 Å². The number of thiocarbonyl (C=S) groups is 3. The molecule has 15 heavy (non-hydrogen) atoms. The Morgan fingerprint density at radius 3 is 1.73 bits per heavy atom. The van der Waals surface area contributed by atoms with E-state index in [4.69, 9.17) is 36.7 Å². The van der Waals surface area contributed by atoms with E-state index < -0.39 is 0 Å². The Morgan fingerprint density at radius 1 is 1.00 bits per heavy atom. The van der Waals surface area contributed by atoms with Crippen molar-refractivity contribution in [3.63, 3.8) is 0 Å². The third kappa shape index (κ3) is 2.32. The predicted molar refractivity (Wildman–Crippen MR) is 75.1 cm³/mol. The average Bonchev–Trinajstić information content (AvgIpc) is 2.18. The Kier molecular flexibility index (Phi) is 3.75. The van der Waals surface area contributed by atoms with Crippen molar-refractivity contribution >= 4 is 51.7 Å². The van der Waals surface area contributed by atoms with Gasteiger partial charge in [-0.15, -0.1) is 0 Å². The first-order valence-corrected chi connectivity index (χ1v) is 5.57. The summed E-state index contributed by atoms with van der Waals surface area (Å²) in [5.41, 5.74) is 0.864. The highest BCUT2D eigenvalue weighted by Gasteiger charge is 2.29. The molecule has 0 atom stereocenters. The third-order valence-corrected chi connectivity index (χ3v) is 3.57. The van der Waals surface area contributed by atoms with Crippen LogP contribution in [0.1, 0.15) is 0 Å². The topological polar surface area (TPSA) is 9.72 Å². The molecule has 0 saturated carbocycles. The van der Waals surface area contributed by atoms with Gasteiger partial charge in [0.25, 0.3) is 0 Å². The Morgan fingerprint density at radius 2 is 1.40 bits per heavy atom. The Balaban J connectivity index is 3.14. The van der Waals surface area contributed by atoms with Crippen LogP contribution in [0.3, 0.4) is 0 Å². The van der Waals surface area contributed by atoms with Crippen molar-refractivity contribution in [2.45, 2.75) is 0 Å². The van der Waals surface area contributed by atoms with Crippen LogP contribution in [0.2, 0.25) is 0 Å². The SMILES string of the molecule is CN(C)C=C1C(=S)N(C)C(=S)N(C)C1=S. The summed E-state index contributed by atoms with van der Waals surface area (Å²) >= 11 is 15.8. The van der Waals surface area contributed by atoms with Gasteiger partial charge in [0, 0.05) is 34.4 Å². The van der Waals surface area contributed by atoms with Gasteiger partial charge < -0.3 is 14.7 Å². The number of likely N-dealkylation sites (N-methyl/N-ethyl adjacent to an activating group) is 2. The van der Waals surface area contributed by atoms with Crippen LogP contribution < -0.4 is 0 Å². The lowest BCUT2D eigenvalue weighted by atomic mass is 10.2. The van der Waals surface area contributed by atoms with Crippen LogP contribution in [-0.4, -0.2) is 58.0 Å². The molecule has 0 unspecified atom stereocenters. The molecule has 0 aromatic rings. The van der Waals surface area contributed by atoms with Gasteiger partial charge >= 0.3 is 0 Å². The summed E-state index contributed by atoms with van der Waals surface area (Å²) in [6.07, 6.45) is 1.92. The van der Waals surface area contributed by atoms with Gasteiger partial charge in [0.2, 0.25) is 0 Å². The number of hydrogen-bond acceptors (Lipinski definition) is 4. The molecule has 0 aromatic heterocycles. The highest BCUT2D eigenvalue weighted by Crippen LogP contribution is 2.17. The molecule has 1 aliphatic heterocycles. The molecule has 0 spiro atoms. The first-order valence-electron chi connectivity index (χ1n) is 4.34. The molecule has 3 nitrogen and oxygen atoms in total. The van der Waals surface area contributed by atoms with Crippen LogP contribution >= 0.6 is 36.7 Å². The molecular weight excluding hydrogens is 246 g/mol. The van der Waals surface area contributed by atoms with Gasteiger partial charge in [-0.3, -0.25) is 0 Å². The minimum Gasteiger partial charge on any atom is -0.383 e. The summed E-state index contributed by atoms with van der Waals surface area (Å²) in [6, 6.07) is 0. The summed E-state index contributed by atoms with van der Waals surface area (Å²) in [5, 5.41) is 0.640. The molecular formula is C9H13N3S3. The second-order valence-corrected chi connectivity index (χ2v) is 4.66. The van der Waals surface area contributed by atoms with Crippen LogP contribution in [-0.2, 0) is 0 Å². The van der Waals surface area contributed by atoms with Crippen LogP contribution in [0.25, 0.3) is 0 Å². The number of hydrogen-bond donors (Lipinski definition) is 0. The highest BCUT2D eigenvalue weighted by molar-refractivity contribution is 7.84. The Hall–Kier alpha value is -0.590. The fraction of sp³-hybridized carbons (Fsp3) is 0.444. The zero-order valence-electron chi connectivity index (χ0n) is 9.14. The van der Waals surface area contributed by atoms with E-state index in [0.717, 1.165) is 5.57 Å². The zero-order chi connectivity index (χ0) is 11.7. The van der Waals surface area contributed by atoms with Crippen molar-refractivity contribution in [2.24, 2.45) is 0 Å². The maximum Gasteiger partial charge on any atom is 0.181 e. The largest absolute Gasteiger partial charge is 0.383 e. The van der Waals surface area contributed by atoms with Crippen molar-refractivity contribution in [1.82, 2.24) is 14.7 Å². The molecule has 82 valence electrons. The lowest BCUT2D eigenvalue weighted by Gasteiger charge is -2.36. The summed E-state index contributed by atoms with van der Waals surface area (Å²) in [6.45, 7) is 0. The normalized spacial score (nSPS) is 17.3. The smallest absolute Gasteiger partial charge is 0.181 e. The van der Waals surface area contributed by atoms with Gasteiger partial charge in [-0.05, 0) is 12.2 Å². The molecule has 1 fully saturated rings. The third-order valence-electron chi connectivity index (χ3n) is 2.03. The minimum atomic E-state index is 0.640. The predicted octanol–water partition coefficient (Wildman–Crippen LogP) is 1.25. The number of nitrogens with zero attached hydrogens (tertiary/aromatic N) is 3. The van der Waals surface area contributed by atoms with E-state index in [1.807, 2.05) is 39.3 Å². The van der Waals surface area contributed by atoms with E-state index in [1.165, 1.54) is 0 Å². The second-order valence-electron chi connectivity index (χ2n) is 3.52. The van der Waals surface area contributed by atoms with Crippen molar-refractivity contribution in [3.05, 3.63) is 11.8 Å². The van der Waals surface area contributed by atoms with Gasteiger partial charge in [-0.1, -0.05) is 24.4 Å². The highest BCUT2D eigenvalue weighted by atomic mass is 32.1. The van der Waals surface area contributed by atoms with Gasteiger partial charge in [-0.25, -0.2) is 0 Å². The minimum absolute atomic E-state index is 0.640. The lowest BCUT2D eigenvalue weighted by molar-refractivity contribution is 0.556. The van der Waals surface area contributed by atoms with Gasteiger partial charge in [-0.2, -0.15) is 0 Å². The van der Waals surface area contributed by atoms with E-state index in [0.29, 0.717) is 15.1 Å². The van der Waals surface area contributed by atoms with Crippen LogP contribution in [0.5, 0.6) is 0 Å². The lowest BCUT2D eigenvalue weighted by Crippen LogP contribution is -2.51. The van der Waals surface area contributed by atoms with E-state index >= 15 is 0 Å². The molecule has 0 radical (unpaired) electrons. The van der Waals surface area contributed by atoms with Crippen molar-refractivity contribution in [1.29, 1.82) is 0 Å². The number of rotatable bonds is 1. The van der Waals surface area contributed by atoms with E-state index in [9.17, 15) is 0 Å². The van der Waals surface area contributed by atoms with Gasteiger partial charge in [0.05, 0.1) is 5.57 Å².